The van der Waals surface area contributed by atoms with Crippen LogP contribution in [0.25, 0.3) is 0 Å². The second kappa shape index (κ2) is 10.6. The van der Waals surface area contributed by atoms with Crippen LogP contribution >= 0.6 is 7.82 Å². The van der Waals surface area contributed by atoms with Crippen molar-refractivity contribution in [3.8, 4) is 0 Å². The lowest BCUT2D eigenvalue weighted by Gasteiger charge is -2.07. The molecule has 0 heterocycles. The molecule has 0 atom stereocenters. The van der Waals surface area contributed by atoms with Crippen molar-refractivity contribution in [3.63, 3.8) is 0 Å². The molecule has 26 heavy (non-hydrogen) atoms. The number of phosphoric acid groups is 1. The number of benzene rings is 2. The Kier molecular flexibility index (Phi) is 8.81. The fourth-order valence-electron chi connectivity index (χ4n) is 1.93. The summed E-state index contributed by atoms with van der Waals surface area (Å²) in [7, 11) is -3.69. The number of nitro groups is 1. The van der Waals surface area contributed by atoms with Gasteiger partial charge in [-0.15, -0.1) is 0 Å². The topological polar surface area (TPSA) is 116 Å². The van der Waals surface area contributed by atoms with Gasteiger partial charge in [-0.1, -0.05) is 42.5 Å². The van der Waals surface area contributed by atoms with Gasteiger partial charge in [-0.3, -0.25) is 24.0 Å². The summed E-state index contributed by atoms with van der Waals surface area (Å²) in [5.74, 6) is -0.335. The summed E-state index contributed by atoms with van der Waals surface area (Å²) < 4.78 is 19.2. The van der Waals surface area contributed by atoms with Gasteiger partial charge in [-0.25, -0.2) is 4.57 Å². The van der Waals surface area contributed by atoms with Gasteiger partial charge in [0, 0.05) is 11.6 Å². The standard InChI is InChI=1S/C13H9NO3.C4H11O4P/c15-13(10-6-2-1-3-7-10)11-8-4-5-9-12(11)14(16)17;1-3-7-9(5,6)8-4-2/h1-9H;3-4H2,1-2H3,(H,5,6). The average Bonchev–Trinajstić information content (AvgIpc) is 2.62. The molecular formula is C17H20NO7P. The largest absolute Gasteiger partial charge is 0.472 e. The molecule has 2 aromatic carbocycles. The van der Waals surface area contributed by atoms with E-state index < -0.39 is 12.7 Å². The van der Waals surface area contributed by atoms with Crippen LogP contribution in [0.4, 0.5) is 5.69 Å². The molecule has 0 amide bonds. The number of nitro benzene ring substituents is 1. The van der Waals surface area contributed by atoms with Crippen LogP contribution in [0.2, 0.25) is 0 Å². The van der Waals surface area contributed by atoms with Crippen LogP contribution in [-0.4, -0.2) is 28.8 Å². The molecule has 0 spiro atoms. The van der Waals surface area contributed by atoms with Gasteiger partial charge in [0.15, 0.2) is 5.78 Å². The second-order valence-electron chi connectivity index (χ2n) is 4.77. The number of carbonyl (C=O) groups excluding carboxylic acids is 1. The van der Waals surface area contributed by atoms with E-state index in [1.165, 1.54) is 12.1 Å². The molecule has 140 valence electrons. The highest BCUT2D eigenvalue weighted by Crippen LogP contribution is 2.42. The lowest BCUT2D eigenvalue weighted by molar-refractivity contribution is -0.385. The molecule has 0 saturated carbocycles. The van der Waals surface area contributed by atoms with Crippen molar-refractivity contribution in [2.75, 3.05) is 13.2 Å². The number of ketones is 1. The fraction of sp³-hybridized carbons (Fsp3) is 0.235. The summed E-state index contributed by atoms with van der Waals surface area (Å²) in [6.45, 7) is 3.63. The maximum absolute atomic E-state index is 12.1. The summed E-state index contributed by atoms with van der Waals surface area (Å²) in [6.07, 6.45) is 0. The van der Waals surface area contributed by atoms with E-state index in [0.717, 1.165) is 0 Å². The van der Waals surface area contributed by atoms with Crippen molar-refractivity contribution >= 4 is 19.3 Å². The van der Waals surface area contributed by atoms with Crippen molar-refractivity contribution in [1.82, 2.24) is 0 Å². The van der Waals surface area contributed by atoms with Crippen LogP contribution in [0, 0.1) is 10.1 Å². The van der Waals surface area contributed by atoms with Gasteiger partial charge in [-0.2, -0.15) is 0 Å². The molecular weight excluding hydrogens is 361 g/mol. The van der Waals surface area contributed by atoms with Gasteiger partial charge in [0.25, 0.3) is 5.69 Å². The number of phosphoric ester groups is 1. The van der Waals surface area contributed by atoms with Crippen LogP contribution in [0.15, 0.2) is 54.6 Å². The summed E-state index contributed by atoms with van der Waals surface area (Å²) in [5.41, 5.74) is 0.395. The van der Waals surface area contributed by atoms with Gasteiger partial charge in [-0.05, 0) is 19.9 Å². The van der Waals surface area contributed by atoms with E-state index >= 15 is 0 Å². The van der Waals surface area contributed by atoms with Gasteiger partial charge >= 0.3 is 7.82 Å². The Labute approximate surface area is 151 Å². The number of carbonyl (C=O) groups is 1. The molecule has 0 bridgehead atoms. The monoisotopic (exact) mass is 381 g/mol. The first-order chi connectivity index (χ1) is 12.3. The van der Waals surface area contributed by atoms with Crippen LogP contribution in [-0.2, 0) is 13.6 Å². The molecule has 0 saturated heterocycles. The molecule has 0 aliphatic rings. The van der Waals surface area contributed by atoms with Crippen molar-refractivity contribution in [2.24, 2.45) is 0 Å². The number of para-hydroxylation sites is 1. The minimum Gasteiger partial charge on any atom is -0.302 e. The number of rotatable bonds is 7. The first-order valence-corrected chi connectivity index (χ1v) is 9.27. The Hall–Kier alpha value is -2.38. The summed E-state index contributed by atoms with van der Waals surface area (Å²) >= 11 is 0. The maximum Gasteiger partial charge on any atom is 0.472 e. The molecule has 0 aromatic heterocycles. The molecule has 2 aromatic rings. The Bertz CT molecular complexity index is 770. The third kappa shape index (κ3) is 6.85. The molecule has 0 unspecified atom stereocenters. The Morgan fingerprint density at radius 1 is 1.04 bits per heavy atom. The van der Waals surface area contributed by atoms with Gasteiger partial charge in [0.2, 0.25) is 0 Å². The highest BCUT2D eigenvalue weighted by atomic mass is 31.2. The van der Waals surface area contributed by atoms with E-state index in [9.17, 15) is 19.5 Å². The summed E-state index contributed by atoms with van der Waals surface area (Å²) in [4.78, 5) is 31.0. The van der Waals surface area contributed by atoms with Gasteiger partial charge < -0.3 is 4.89 Å². The van der Waals surface area contributed by atoms with Crippen LogP contribution < -0.4 is 0 Å². The van der Waals surface area contributed by atoms with Crippen molar-refractivity contribution < 1.29 is 28.2 Å². The van der Waals surface area contributed by atoms with E-state index in [1.807, 2.05) is 0 Å². The van der Waals surface area contributed by atoms with Crippen LogP contribution in [0.3, 0.4) is 0 Å². The molecule has 0 radical (unpaired) electrons. The SMILES string of the molecule is CCOP(=O)(O)OCC.O=C(c1ccccc1)c1ccccc1[N+](=O)[O-]. The van der Waals surface area contributed by atoms with E-state index in [4.69, 9.17) is 4.89 Å². The number of hydrogen-bond acceptors (Lipinski definition) is 6. The van der Waals surface area contributed by atoms with Crippen molar-refractivity contribution in [3.05, 3.63) is 75.8 Å². The molecule has 8 nitrogen and oxygen atoms in total. The highest BCUT2D eigenvalue weighted by Gasteiger charge is 2.20. The highest BCUT2D eigenvalue weighted by molar-refractivity contribution is 7.47. The molecule has 0 fully saturated rings. The van der Waals surface area contributed by atoms with E-state index in [1.54, 1.807) is 56.3 Å². The zero-order chi connectivity index (χ0) is 19.6. The van der Waals surface area contributed by atoms with Crippen LogP contribution in [0.5, 0.6) is 0 Å². The zero-order valence-corrected chi connectivity index (χ0v) is 15.3. The number of hydrogen-bond donors (Lipinski definition) is 1. The van der Waals surface area contributed by atoms with Crippen molar-refractivity contribution in [2.45, 2.75) is 13.8 Å². The minimum absolute atomic E-state index is 0.115. The minimum atomic E-state index is -3.69. The first-order valence-electron chi connectivity index (χ1n) is 7.77. The third-order valence-electron chi connectivity index (χ3n) is 2.97. The van der Waals surface area contributed by atoms with Gasteiger partial charge in [0.05, 0.1) is 18.1 Å². The Balaban J connectivity index is 0.000000321. The smallest absolute Gasteiger partial charge is 0.302 e. The summed E-state index contributed by atoms with van der Waals surface area (Å²) in [6, 6.07) is 14.5. The van der Waals surface area contributed by atoms with Gasteiger partial charge in [0.1, 0.15) is 5.56 Å². The summed E-state index contributed by atoms with van der Waals surface area (Å²) in [5, 5.41) is 10.8. The lowest BCUT2D eigenvalue weighted by Crippen LogP contribution is -2.04. The second-order valence-corrected chi connectivity index (χ2v) is 6.23. The third-order valence-corrected chi connectivity index (χ3v) is 4.13. The van der Waals surface area contributed by atoms with E-state index in [0.29, 0.717) is 5.56 Å². The van der Waals surface area contributed by atoms with E-state index in [2.05, 4.69) is 9.05 Å². The molecule has 2 rings (SSSR count). The molecule has 9 heteroatoms. The normalized spacial score (nSPS) is 10.6. The lowest BCUT2D eigenvalue weighted by atomic mass is 10.0. The fourth-order valence-corrected chi connectivity index (χ4v) is 2.66. The first kappa shape index (κ1) is 21.7. The Morgan fingerprint density at radius 3 is 2.04 bits per heavy atom. The van der Waals surface area contributed by atoms with Crippen LogP contribution in [0.1, 0.15) is 29.8 Å². The molecule has 0 aliphatic carbocycles. The quantitative estimate of drug-likeness (QED) is 0.334. The number of nitrogens with zero attached hydrogens (tertiary/aromatic N) is 1. The predicted octanol–water partition coefficient (Wildman–Crippen LogP) is 3.99. The Morgan fingerprint density at radius 2 is 1.54 bits per heavy atom. The van der Waals surface area contributed by atoms with E-state index in [-0.39, 0.29) is 30.2 Å². The molecule has 0 aliphatic heterocycles. The molecule has 1 N–H and O–H groups in total. The predicted molar refractivity (Wildman–Crippen MR) is 96.0 cm³/mol. The van der Waals surface area contributed by atoms with Crippen molar-refractivity contribution in [1.29, 1.82) is 0 Å². The maximum atomic E-state index is 12.1. The zero-order valence-electron chi connectivity index (χ0n) is 14.4. The average molecular weight is 381 g/mol.